The van der Waals surface area contributed by atoms with Crippen LogP contribution in [0.2, 0.25) is 0 Å². The quantitative estimate of drug-likeness (QED) is 0.176. The Balaban J connectivity index is 0.0000000859. The molecule has 12 heterocycles. The summed E-state index contributed by atoms with van der Waals surface area (Å²) in [7, 11) is 0. The topological polar surface area (TPSA) is 72.3 Å². The molecular weight excluding hydrogens is 1880 g/mol. The van der Waals surface area contributed by atoms with E-state index in [4.69, 9.17) is 17.7 Å². The van der Waals surface area contributed by atoms with Crippen LogP contribution in [0, 0.1) is 0 Å². The van der Waals surface area contributed by atoms with Gasteiger partial charge in [-0.1, -0.05) is 297 Å². The lowest BCUT2D eigenvalue weighted by Gasteiger charge is -2.11. The number of fused-ring (bicyclic) bond motifs is 48. The van der Waals surface area contributed by atoms with E-state index in [1.54, 1.807) is 0 Å². The van der Waals surface area contributed by atoms with Gasteiger partial charge in [-0.3, -0.25) is 0 Å². The smallest absolute Gasteiger partial charge is 0.135 e. The van der Waals surface area contributed by atoms with E-state index >= 15 is 0 Å². The second-order valence-corrected chi connectivity index (χ2v) is 43.2. The number of furan rings is 4. The van der Waals surface area contributed by atoms with Crippen molar-refractivity contribution < 1.29 is 17.7 Å². The molecule has 148 heavy (non-hydrogen) atoms. The molecule has 12 aromatic heterocycles. The molecule has 0 aliphatic rings. The molecule has 0 unspecified atom stereocenters. The first-order valence-corrected chi connectivity index (χ1v) is 53.4. The Bertz CT molecular complexity index is 12000. The van der Waals surface area contributed by atoms with E-state index in [2.05, 4.69) is 431 Å². The van der Waals surface area contributed by atoms with Crippen molar-refractivity contribution in [3.63, 3.8) is 0 Å². The third kappa shape index (κ3) is 12.0. The predicted molar refractivity (Wildman–Crippen MR) is 634 cm³/mol. The molecule has 688 valence electrons. The van der Waals surface area contributed by atoms with Crippen molar-refractivity contribution in [1.29, 1.82) is 0 Å². The summed E-state index contributed by atoms with van der Waals surface area (Å²) < 4.78 is 45.1. The molecule has 0 spiro atoms. The molecule has 12 heteroatoms. The Kier molecular flexibility index (Phi) is 17.5. The van der Waals surface area contributed by atoms with Crippen LogP contribution in [-0.2, 0) is 0 Å². The van der Waals surface area contributed by atoms with E-state index in [-0.39, 0.29) is 0 Å². The number of hydrogen-bond donors (Lipinski definition) is 0. The van der Waals surface area contributed by atoms with Crippen molar-refractivity contribution in [2.75, 3.05) is 0 Å². The molecule has 0 saturated heterocycles. The van der Waals surface area contributed by atoms with Crippen molar-refractivity contribution in [3.05, 3.63) is 461 Å². The Morgan fingerprint density at radius 2 is 0.486 bits per heavy atom. The zero-order valence-electron chi connectivity index (χ0n) is 78.9. The molecule has 0 fully saturated rings. The predicted octanol–water partition coefficient (Wildman–Crippen LogP) is 40.8. The highest BCUT2D eigenvalue weighted by Gasteiger charge is 2.29. The van der Waals surface area contributed by atoms with Crippen molar-refractivity contribution in [2.24, 2.45) is 0 Å². The average molecular weight is 1960 g/mol. The van der Waals surface area contributed by atoms with Gasteiger partial charge in [0, 0.05) is 186 Å². The van der Waals surface area contributed by atoms with Gasteiger partial charge < -0.3 is 35.9 Å². The lowest BCUT2D eigenvalue weighted by Crippen LogP contribution is -1.94. The van der Waals surface area contributed by atoms with Crippen LogP contribution in [0.1, 0.15) is 0 Å². The largest absolute Gasteiger partial charge is 0.456 e. The summed E-state index contributed by atoms with van der Waals surface area (Å²) in [5, 5.41) is 40.5. The molecule has 0 radical (unpaired) electrons. The van der Waals surface area contributed by atoms with Gasteiger partial charge in [0.15, 0.2) is 0 Å². The van der Waals surface area contributed by atoms with Crippen LogP contribution in [-0.4, -0.2) is 18.3 Å². The van der Waals surface area contributed by atoms with Gasteiger partial charge in [-0.05, 0) is 201 Å². The third-order valence-corrected chi connectivity index (χ3v) is 35.8. The van der Waals surface area contributed by atoms with E-state index in [1.807, 2.05) is 93.9 Å². The number of thiophene rings is 4. The number of hydrogen-bond acceptors (Lipinski definition) is 8. The molecule has 36 aromatic rings. The third-order valence-electron chi connectivity index (χ3n) is 31.1. The summed E-state index contributed by atoms with van der Waals surface area (Å²) >= 11 is 7.57. The highest BCUT2D eigenvalue weighted by molar-refractivity contribution is 7.28. The summed E-state index contributed by atoms with van der Waals surface area (Å²) in [6.07, 6.45) is 0. The maximum Gasteiger partial charge on any atom is 0.135 e. The van der Waals surface area contributed by atoms with E-state index in [9.17, 15) is 0 Å². The van der Waals surface area contributed by atoms with E-state index in [1.165, 1.54) is 211 Å². The molecule has 0 bridgehead atoms. The number of benzene rings is 24. The second kappa shape index (κ2) is 31.6. The summed E-state index contributed by atoms with van der Waals surface area (Å²) in [5.74, 6) is 0. The minimum absolute atomic E-state index is 0.919. The van der Waals surface area contributed by atoms with Crippen molar-refractivity contribution in [3.8, 4) is 22.7 Å². The standard InChI is InChI=1S/4C34H19NOS/c1-2-11-23-22(10-1)31-25-13-5-8-16-30(25)37-34(31)32-24-12-3-6-14-27(24)35(33(23)32)20-17-18-29-26(19-20)21-9-4-7-15-28(21)36-29;1-2-11-23-22(10-1)31-24-12-3-6-14-27(24)35(33(31)34-32(23)25-13-5-8-16-30(25)37-34)20-17-18-29-26(19-20)21-9-4-7-15-28(21)36-29;1-2-8-22-20(7-1)13-17-28-32(22)26-16-15-25-24-10-4-6-12-31(24)37-34(25)33(26)35(28)21-14-18-30-27(19-21)23-9-3-5-11-29(23)36-30;1-2-8-21-16-29-25(15-20(21)7-1)26-19-34-28(24-10-4-6-12-33(24)37-34)18-30(26)35(29)22-13-14-32-27(17-22)23-9-3-5-11-31(23)36-32/h4*1-19H. The Hall–Kier alpha value is -18.4. The molecule has 0 saturated carbocycles. The molecular formula is C136H76N4O4S4. The van der Waals surface area contributed by atoms with Gasteiger partial charge >= 0.3 is 0 Å². The molecule has 0 aliphatic heterocycles. The Morgan fingerprint density at radius 3 is 1.03 bits per heavy atom. The summed E-state index contributed by atoms with van der Waals surface area (Å²) in [6.45, 7) is 0. The molecule has 8 nitrogen and oxygen atoms in total. The lowest BCUT2D eigenvalue weighted by atomic mass is 9.99. The number of aromatic nitrogens is 4. The van der Waals surface area contributed by atoms with Crippen molar-refractivity contribution in [1.82, 2.24) is 18.3 Å². The van der Waals surface area contributed by atoms with Gasteiger partial charge in [-0.15, -0.1) is 45.3 Å². The van der Waals surface area contributed by atoms with Crippen LogP contribution in [0.5, 0.6) is 0 Å². The molecule has 0 aliphatic carbocycles. The van der Waals surface area contributed by atoms with Crippen LogP contribution in [0.15, 0.2) is 479 Å². The van der Waals surface area contributed by atoms with Gasteiger partial charge in [0.05, 0.1) is 53.5 Å². The highest BCUT2D eigenvalue weighted by Crippen LogP contribution is 2.54. The normalized spacial score (nSPS) is 12.3. The first-order chi connectivity index (χ1) is 73.4. The molecule has 24 aromatic carbocycles. The summed E-state index contributed by atoms with van der Waals surface area (Å²) in [5.41, 5.74) is 21.9. The maximum absolute atomic E-state index is 6.16. The fourth-order valence-electron chi connectivity index (χ4n) is 24.7. The first-order valence-electron chi connectivity index (χ1n) is 50.1. The van der Waals surface area contributed by atoms with Crippen LogP contribution >= 0.6 is 45.3 Å². The number of nitrogens with zero attached hydrogens (tertiary/aromatic N) is 4. The second-order valence-electron chi connectivity index (χ2n) is 38.9. The van der Waals surface area contributed by atoms with Crippen LogP contribution < -0.4 is 0 Å². The minimum atomic E-state index is 0.919. The Labute approximate surface area is 856 Å². The zero-order valence-corrected chi connectivity index (χ0v) is 82.2. The molecule has 36 rings (SSSR count). The Morgan fingerprint density at radius 1 is 0.135 bits per heavy atom. The first kappa shape index (κ1) is 82.1. The van der Waals surface area contributed by atoms with Gasteiger partial charge in [0.2, 0.25) is 0 Å². The molecule has 0 amide bonds. The van der Waals surface area contributed by atoms with E-state index in [0.29, 0.717) is 0 Å². The zero-order chi connectivity index (χ0) is 96.3. The maximum atomic E-state index is 6.16. The van der Waals surface area contributed by atoms with E-state index < -0.39 is 0 Å². The van der Waals surface area contributed by atoms with Crippen LogP contribution in [0.25, 0.3) is 322 Å². The van der Waals surface area contributed by atoms with Crippen molar-refractivity contribution in [2.45, 2.75) is 0 Å². The summed E-state index contributed by atoms with van der Waals surface area (Å²) in [4.78, 5) is 0. The van der Waals surface area contributed by atoms with Crippen LogP contribution in [0.4, 0.5) is 0 Å². The monoisotopic (exact) mass is 1960 g/mol. The van der Waals surface area contributed by atoms with Gasteiger partial charge in [-0.2, -0.15) is 0 Å². The average Bonchev–Trinajstić information content (AvgIpc) is 1.57. The van der Waals surface area contributed by atoms with Crippen molar-refractivity contribution >= 4 is 344 Å². The minimum Gasteiger partial charge on any atom is -0.456 e. The summed E-state index contributed by atoms with van der Waals surface area (Å²) in [6, 6.07) is 166. The van der Waals surface area contributed by atoms with Gasteiger partial charge in [0.25, 0.3) is 0 Å². The van der Waals surface area contributed by atoms with Gasteiger partial charge in [0.1, 0.15) is 44.7 Å². The highest BCUT2D eigenvalue weighted by atomic mass is 32.1. The number of rotatable bonds is 4. The molecule has 0 N–H and O–H groups in total. The number of para-hydroxylation sites is 6. The fraction of sp³-hybridized carbons (Fsp3) is 0. The fourth-order valence-corrected chi connectivity index (χ4v) is 29.6. The molecule has 0 atom stereocenters. The van der Waals surface area contributed by atoms with Crippen LogP contribution in [0.3, 0.4) is 0 Å². The van der Waals surface area contributed by atoms with Gasteiger partial charge in [-0.25, -0.2) is 0 Å². The SMILES string of the molecule is c1ccc2c(c1)ccc1c2c2ccc3c4ccccc4sc3c2n1-c1ccc2oc3ccccc3c2c1.c1ccc2c(c1)oc1ccc(-n3c4ccccc4c4c5ccccc5c5c6ccccc6sc5c43)cc12.c1ccc2c(c1)oc1ccc(-n3c4ccccc4c4c5sc6ccccc6c5c5ccccc5c43)cc12.c1ccc2cc3c(cc2c1)c1cc2sc4ccccc4c2cc1n3-c1ccc2oc3ccccc3c2c1. The lowest BCUT2D eigenvalue weighted by molar-refractivity contribution is 0.668. The van der Waals surface area contributed by atoms with E-state index in [0.717, 1.165) is 111 Å².